The van der Waals surface area contributed by atoms with Gasteiger partial charge in [0.05, 0.1) is 10.7 Å². The second-order valence-electron chi connectivity index (χ2n) is 4.22. The molecule has 0 saturated carbocycles. The van der Waals surface area contributed by atoms with Crippen LogP contribution in [0.2, 0.25) is 0 Å². The second kappa shape index (κ2) is 5.90. The Labute approximate surface area is 111 Å². The number of nitrogens with one attached hydrogen (secondary N) is 1. The van der Waals surface area contributed by atoms with Crippen LogP contribution in [0.15, 0.2) is 23.7 Å². The minimum absolute atomic E-state index is 0.686. The standard InChI is InChI=1S/C12H17N5S/c1-9-15-11(8-18-9)7-17(2)6-10-3-4-14-12(5-10)16-13/h3-5,8H,6-7,13H2,1-2H3,(H,14,16). The van der Waals surface area contributed by atoms with E-state index in [-0.39, 0.29) is 0 Å². The Morgan fingerprint density at radius 1 is 1.44 bits per heavy atom. The number of pyridine rings is 1. The van der Waals surface area contributed by atoms with Crippen molar-refractivity contribution in [3.05, 3.63) is 40.0 Å². The maximum absolute atomic E-state index is 5.34. The number of aromatic nitrogens is 2. The highest BCUT2D eigenvalue weighted by Gasteiger charge is 2.05. The summed E-state index contributed by atoms with van der Waals surface area (Å²) in [6.07, 6.45) is 1.76. The number of nitrogens with two attached hydrogens (primary N) is 1. The zero-order valence-corrected chi connectivity index (χ0v) is 11.4. The Morgan fingerprint density at radius 2 is 2.28 bits per heavy atom. The van der Waals surface area contributed by atoms with Gasteiger partial charge in [-0.05, 0) is 31.7 Å². The Kier molecular flexibility index (Phi) is 4.24. The van der Waals surface area contributed by atoms with Gasteiger partial charge in [0, 0.05) is 24.7 Å². The molecule has 0 unspecified atom stereocenters. The van der Waals surface area contributed by atoms with Crippen LogP contribution in [-0.4, -0.2) is 21.9 Å². The average molecular weight is 263 g/mol. The molecule has 0 aliphatic heterocycles. The SMILES string of the molecule is Cc1nc(CN(C)Cc2ccnc(NN)c2)cs1. The van der Waals surface area contributed by atoms with Gasteiger partial charge in [-0.3, -0.25) is 4.90 Å². The minimum atomic E-state index is 0.686. The monoisotopic (exact) mass is 263 g/mol. The molecule has 0 radical (unpaired) electrons. The predicted molar refractivity (Wildman–Crippen MR) is 74.1 cm³/mol. The number of hydrogen-bond acceptors (Lipinski definition) is 6. The molecule has 0 aliphatic carbocycles. The van der Waals surface area contributed by atoms with Crippen molar-refractivity contribution in [2.24, 2.45) is 5.84 Å². The maximum atomic E-state index is 5.34. The smallest absolute Gasteiger partial charge is 0.140 e. The zero-order chi connectivity index (χ0) is 13.0. The summed E-state index contributed by atoms with van der Waals surface area (Å²) >= 11 is 1.68. The van der Waals surface area contributed by atoms with Crippen LogP contribution in [0.5, 0.6) is 0 Å². The van der Waals surface area contributed by atoms with Gasteiger partial charge in [-0.15, -0.1) is 11.3 Å². The number of hydrogen-bond donors (Lipinski definition) is 2. The fourth-order valence-electron chi connectivity index (χ4n) is 1.78. The lowest BCUT2D eigenvalue weighted by molar-refractivity contribution is 0.315. The van der Waals surface area contributed by atoms with Crippen molar-refractivity contribution in [2.45, 2.75) is 20.0 Å². The summed E-state index contributed by atoms with van der Waals surface area (Å²) in [6, 6.07) is 3.94. The summed E-state index contributed by atoms with van der Waals surface area (Å²) in [4.78, 5) is 10.8. The van der Waals surface area contributed by atoms with Crippen LogP contribution in [0.25, 0.3) is 0 Å². The number of rotatable bonds is 5. The molecule has 6 heteroatoms. The van der Waals surface area contributed by atoms with Crippen molar-refractivity contribution < 1.29 is 0 Å². The number of anilines is 1. The summed E-state index contributed by atoms with van der Waals surface area (Å²) < 4.78 is 0. The molecule has 0 bridgehead atoms. The van der Waals surface area contributed by atoms with Crippen LogP contribution in [0, 0.1) is 6.92 Å². The minimum Gasteiger partial charge on any atom is -0.308 e. The Balaban J connectivity index is 1.96. The van der Waals surface area contributed by atoms with E-state index in [1.165, 1.54) is 5.56 Å². The first-order chi connectivity index (χ1) is 8.67. The first-order valence-corrected chi connectivity index (χ1v) is 6.56. The number of nitrogens with zero attached hydrogens (tertiary/aromatic N) is 3. The quantitative estimate of drug-likeness (QED) is 0.635. The van der Waals surface area contributed by atoms with E-state index in [0.29, 0.717) is 5.82 Å². The van der Waals surface area contributed by atoms with Crippen LogP contribution in [0.1, 0.15) is 16.3 Å². The molecule has 96 valence electrons. The Hall–Kier alpha value is -1.50. The summed E-state index contributed by atoms with van der Waals surface area (Å²) in [7, 11) is 2.07. The Bertz CT molecular complexity index is 511. The lowest BCUT2D eigenvalue weighted by atomic mass is 10.2. The maximum Gasteiger partial charge on any atom is 0.140 e. The highest BCUT2D eigenvalue weighted by Crippen LogP contribution is 2.12. The van der Waals surface area contributed by atoms with E-state index < -0.39 is 0 Å². The van der Waals surface area contributed by atoms with Crippen LogP contribution in [-0.2, 0) is 13.1 Å². The molecule has 0 spiro atoms. The largest absolute Gasteiger partial charge is 0.308 e. The first-order valence-electron chi connectivity index (χ1n) is 5.68. The van der Waals surface area contributed by atoms with Gasteiger partial charge in [0.15, 0.2) is 0 Å². The molecule has 2 aromatic heterocycles. The molecular weight excluding hydrogens is 246 g/mol. The number of hydrazine groups is 1. The molecule has 0 fully saturated rings. The lowest BCUT2D eigenvalue weighted by Crippen LogP contribution is -2.18. The van der Waals surface area contributed by atoms with Crippen LogP contribution >= 0.6 is 11.3 Å². The highest BCUT2D eigenvalue weighted by molar-refractivity contribution is 7.09. The van der Waals surface area contributed by atoms with E-state index in [1.807, 2.05) is 19.1 Å². The highest BCUT2D eigenvalue weighted by atomic mass is 32.1. The topological polar surface area (TPSA) is 67.1 Å². The van der Waals surface area contributed by atoms with Crippen LogP contribution in [0.3, 0.4) is 0 Å². The molecular formula is C12H17N5S. The van der Waals surface area contributed by atoms with Crippen molar-refractivity contribution in [3.63, 3.8) is 0 Å². The average Bonchev–Trinajstić information content (AvgIpc) is 2.74. The molecule has 2 heterocycles. The fourth-order valence-corrected chi connectivity index (χ4v) is 2.38. The van der Waals surface area contributed by atoms with Gasteiger partial charge in [0.1, 0.15) is 5.82 Å². The first kappa shape index (κ1) is 12.9. The normalized spacial score (nSPS) is 10.9. The third-order valence-electron chi connectivity index (χ3n) is 2.52. The zero-order valence-electron chi connectivity index (χ0n) is 10.6. The lowest BCUT2D eigenvalue weighted by Gasteiger charge is -2.15. The molecule has 0 aromatic carbocycles. The van der Waals surface area contributed by atoms with Gasteiger partial charge in [-0.25, -0.2) is 15.8 Å². The second-order valence-corrected chi connectivity index (χ2v) is 5.29. The van der Waals surface area contributed by atoms with Crippen LogP contribution < -0.4 is 11.3 Å². The number of aryl methyl sites for hydroxylation is 1. The van der Waals surface area contributed by atoms with Gasteiger partial charge in [-0.2, -0.15) is 0 Å². The van der Waals surface area contributed by atoms with Crippen molar-refractivity contribution in [3.8, 4) is 0 Å². The van der Waals surface area contributed by atoms with Gasteiger partial charge < -0.3 is 5.43 Å². The third kappa shape index (κ3) is 3.49. The fraction of sp³-hybridized carbons (Fsp3) is 0.333. The molecule has 0 aliphatic rings. The molecule has 18 heavy (non-hydrogen) atoms. The van der Waals surface area contributed by atoms with Crippen molar-refractivity contribution in [1.82, 2.24) is 14.9 Å². The third-order valence-corrected chi connectivity index (χ3v) is 3.35. The summed E-state index contributed by atoms with van der Waals surface area (Å²) in [5.74, 6) is 6.03. The molecule has 0 saturated heterocycles. The predicted octanol–water partition coefficient (Wildman–Crippen LogP) is 1.76. The summed E-state index contributed by atoms with van der Waals surface area (Å²) in [5, 5.41) is 3.21. The number of thiazole rings is 1. The molecule has 0 atom stereocenters. The van der Waals surface area contributed by atoms with E-state index >= 15 is 0 Å². The number of nitrogen functional groups attached to an aromatic ring is 1. The van der Waals surface area contributed by atoms with Crippen molar-refractivity contribution in [2.75, 3.05) is 12.5 Å². The van der Waals surface area contributed by atoms with E-state index in [4.69, 9.17) is 5.84 Å². The van der Waals surface area contributed by atoms with E-state index in [0.717, 1.165) is 23.8 Å². The van der Waals surface area contributed by atoms with E-state index in [9.17, 15) is 0 Å². The molecule has 0 amide bonds. The van der Waals surface area contributed by atoms with Crippen molar-refractivity contribution >= 4 is 17.2 Å². The van der Waals surface area contributed by atoms with Gasteiger partial charge in [-0.1, -0.05) is 0 Å². The summed E-state index contributed by atoms with van der Waals surface area (Å²) in [5.41, 5.74) is 4.84. The molecule has 3 N–H and O–H groups in total. The van der Waals surface area contributed by atoms with E-state index in [2.05, 4.69) is 32.7 Å². The summed E-state index contributed by atoms with van der Waals surface area (Å²) in [6.45, 7) is 3.71. The van der Waals surface area contributed by atoms with Gasteiger partial charge in [0.2, 0.25) is 0 Å². The molecule has 2 aromatic rings. The van der Waals surface area contributed by atoms with Crippen LogP contribution in [0.4, 0.5) is 5.82 Å². The van der Waals surface area contributed by atoms with Crippen molar-refractivity contribution in [1.29, 1.82) is 0 Å². The van der Waals surface area contributed by atoms with Gasteiger partial charge in [0.25, 0.3) is 0 Å². The molecule has 5 nitrogen and oxygen atoms in total. The van der Waals surface area contributed by atoms with Gasteiger partial charge >= 0.3 is 0 Å². The van der Waals surface area contributed by atoms with E-state index in [1.54, 1.807) is 17.5 Å². The molecule has 2 rings (SSSR count). The Morgan fingerprint density at radius 3 is 2.94 bits per heavy atom.